The number of hydrogen-bond donors (Lipinski definition) is 8. The molecule has 60 heavy (non-hydrogen) atoms. The van der Waals surface area contributed by atoms with E-state index in [4.69, 9.17) is 39.8 Å². The summed E-state index contributed by atoms with van der Waals surface area (Å²) < 4.78 is 54.5. The molecule has 4 aliphatic rings. The second-order valence-corrected chi connectivity index (χ2v) is 15.3. The van der Waals surface area contributed by atoms with E-state index in [9.17, 15) is 44.4 Å². The first-order chi connectivity index (χ1) is 28.1. The Morgan fingerprint density at radius 2 is 1.53 bits per heavy atom. The van der Waals surface area contributed by atoms with Gasteiger partial charge in [0.1, 0.15) is 12.3 Å². The van der Waals surface area contributed by atoms with Crippen molar-refractivity contribution in [1.29, 1.82) is 0 Å². The molecule has 8 N–H and O–H groups in total. The van der Waals surface area contributed by atoms with Crippen LogP contribution >= 0.6 is 0 Å². The van der Waals surface area contributed by atoms with Gasteiger partial charge in [-0.2, -0.15) is 0 Å². The van der Waals surface area contributed by atoms with E-state index in [1.54, 1.807) is 0 Å². The number of Topliss-reactive ketones (excluding diaryl/α,β-unsaturated/α-hetero) is 1. The molecule has 23 heteroatoms. The molecule has 2 unspecified atom stereocenters. The van der Waals surface area contributed by atoms with Gasteiger partial charge in [-0.25, -0.2) is 18.4 Å². The predicted molar refractivity (Wildman–Crippen MR) is 187 cm³/mol. The highest BCUT2D eigenvalue weighted by molar-refractivity contribution is 6.01. The molecule has 3 saturated carbocycles. The predicted octanol–water partition coefficient (Wildman–Crippen LogP) is 2.50. The van der Waals surface area contributed by atoms with Crippen molar-refractivity contribution in [2.75, 3.05) is 26.4 Å². The minimum Gasteiger partial charge on any atom is -0.504 e. The number of ether oxygens (including phenoxy) is 4. The van der Waals surface area contributed by atoms with Crippen molar-refractivity contribution in [3.05, 3.63) is 41.5 Å². The van der Waals surface area contributed by atoms with Crippen molar-refractivity contribution in [3.8, 4) is 17.2 Å². The zero-order valence-corrected chi connectivity index (χ0v) is 32.3. The Balaban J connectivity index is 1.38. The number of halogens is 2. The summed E-state index contributed by atoms with van der Waals surface area (Å²) in [6.45, 7) is 0.546. The van der Waals surface area contributed by atoms with Gasteiger partial charge in [0, 0.05) is 23.2 Å². The Morgan fingerprint density at radius 1 is 0.883 bits per heavy atom. The molecule has 1 aromatic carbocycles. The zero-order valence-electron chi connectivity index (χ0n) is 32.3. The Kier molecular flexibility index (Phi) is 14.0. The number of benzene rings is 1. The summed E-state index contributed by atoms with van der Waals surface area (Å²) in [5.74, 6) is -9.54. The van der Waals surface area contributed by atoms with Crippen molar-refractivity contribution in [1.82, 2.24) is 10.8 Å². The van der Waals surface area contributed by atoms with Crippen LogP contribution in [0.4, 0.5) is 13.6 Å². The van der Waals surface area contributed by atoms with E-state index in [2.05, 4.69) is 9.68 Å². The number of ketones is 2. The summed E-state index contributed by atoms with van der Waals surface area (Å²) in [4.78, 5) is 74.3. The SMILES string of the molecule is C[C@]12C=CC(=O)C=C1[C@@H](F)CC1C3C[C@@H](O)[C@](OC(=O)CCCON(O)O)(C(=O)COC(=O)Oc4cc(C(=O)OCCCCON(O)O)cc(O)c4O)[C@@]3(C)C[C@H](O)[C@@]12F. The Labute approximate surface area is 339 Å². The summed E-state index contributed by atoms with van der Waals surface area (Å²) in [6.07, 6.45) is -6.49. The van der Waals surface area contributed by atoms with Gasteiger partial charge >= 0.3 is 18.1 Å². The number of unbranched alkanes of at least 4 members (excludes halogenated alkanes) is 1. The number of alkyl halides is 2. The average Bonchev–Trinajstić information content (AvgIpc) is 3.39. The zero-order chi connectivity index (χ0) is 44.4. The van der Waals surface area contributed by atoms with Gasteiger partial charge in [0.2, 0.25) is 17.1 Å². The summed E-state index contributed by atoms with van der Waals surface area (Å²) >= 11 is 0. The fraction of sp³-hybridized carbons (Fsp3) is 0.595. The molecule has 9 atom stereocenters. The Bertz CT molecular complexity index is 1900. The summed E-state index contributed by atoms with van der Waals surface area (Å²) in [5.41, 5.74) is -9.69. The monoisotopic (exact) mass is 860 g/mol. The van der Waals surface area contributed by atoms with Gasteiger partial charge in [-0.05, 0) is 81.2 Å². The highest BCUT2D eigenvalue weighted by Crippen LogP contribution is 2.70. The lowest BCUT2D eigenvalue weighted by Gasteiger charge is -2.63. The minimum absolute atomic E-state index is 0.138. The van der Waals surface area contributed by atoms with Crippen molar-refractivity contribution >= 4 is 29.7 Å². The van der Waals surface area contributed by atoms with Crippen LogP contribution in [0.3, 0.4) is 0 Å². The minimum atomic E-state index is -2.70. The molecular weight excluding hydrogens is 814 g/mol. The number of phenolic OH excluding ortho intramolecular Hbond substituents is 2. The van der Waals surface area contributed by atoms with Crippen molar-refractivity contribution in [2.24, 2.45) is 22.7 Å². The molecule has 0 aromatic heterocycles. The number of aromatic hydroxyl groups is 2. The number of rotatable bonds is 17. The first kappa shape index (κ1) is 46.4. The van der Waals surface area contributed by atoms with Gasteiger partial charge in [-0.15, -0.1) is 0 Å². The Morgan fingerprint density at radius 3 is 2.20 bits per heavy atom. The lowest BCUT2D eigenvalue weighted by molar-refractivity contribution is -0.492. The molecule has 21 nitrogen and oxygen atoms in total. The van der Waals surface area contributed by atoms with Gasteiger partial charge in [0.25, 0.3) is 0 Å². The number of hydrogen-bond acceptors (Lipinski definition) is 21. The van der Waals surface area contributed by atoms with Crippen LogP contribution in [0.5, 0.6) is 17.2 Å². The number of aliphatic hydroxyl groups is 2. The number of carbonyl (C=O) groups is 5. The average molecular weight is 861 g/mol. The van der Waals surface area contributed by atoms with Gasteiger partial charge in [0.05, 0.1) is 42.3 Å². The maximum Gasteiger partial charge on any atom is 0.514 e. The van der Waals surface area contributed by atoms with Gasteiger partial charge < -0.3 is 39.4 Å². The molecule has 1 aromatic rings. The van der Waals surface area contributed by atoms with E-state index in [0.29, 0.717) is 0 Å². The first-order valence-corrected chi connectivity index (χ1v) is 18.7. The highest BCUT2D eigenvalue weighted by Gasteiger charge is 2.79. The number of esters is 2. The molecule has 0 bridgehead atoms. The molecule has 4 aliphatic carbocycles. The van der Waals surface area contributed by atoms with Crippen LogP contribution < -0.4 is 4.74 Å². The van der Waals surface area contributed by atoms with Crippen LogP contribution in [0, 0.1) is 22.7 Å². The van der Waals surface area contributed by atoms with Crippen LogP contribution in [0.15, 0.2) is 35.9 Å². The van der Waals surface area contributed by atoms with E-state index in [1.807, 2.05) is 0 Å². The molecule has 332 valence electrons. The third-order valence-electron chi connectivity index (χ3n) is 12.0. The summed E-state index contributed by atoms with van der Waals surface area (Å²) in [7, 11) is 0. The quantitative estimate of drug-likeness (QED) is 0.0279. The fourth-order valence-corrected chi connectivity index (χ4v) is 9.28. The second-order valence-electron chi connectivity index (χ2n) is 15.3. The van der Waals surface area contributed by atoms with Crippen molar-refractivity contribution in [3.63, 3.8) is 0 Å². The number of aliphatic hydroxyl groups excluding tert-OH is 2. The van der Waals surface area contributed by atoms with E-state index >= 15 is 8.78 Å². The second kappa shape index (κ2) is 18.1. The number of phenols is 2. The summed E-state index contributed by atoms with van der Waals surface area (Å²) in [6, 6.07) is 1.58. The van der Waals surface area contributed by atoms with E-state index in [1.165, 1.54) is 19.9 Å². The van der Waals surface area contributed by atoms with E-state index in [0.717, 1.165) is 24.3 Å². The number of fused-ring (bicyclic) bond motifs is 5. The molecule has 0 radical (unpaired) electrons. The van der Waals surface area contributed by atoms with Crippen LogP contribution in [0.25, 0.3) is 0 Å². The van der Waals surface area contributed by atoms with E-state index < -0.39 is 154 Å². The fourth-order valence-electron chi connectivity index (χ4n) is 9.28. The topological polar surface area (TPSA) is 309 Å². The molecule has 0 saturated heterocycles. The van der Waals surface area contributed by atoms with E-state index in [-0.39, 0.29) is 38.0 Å². The van der Waals surface area contributed by atoms with Crippen molar-refractivity contribution < 1.29 is 103 Å². The lowest BCUT2D eigenvalue weighted by atomic mass is 9.44. The summed E-state index contributed by atoms with van der Waals surface area (Å²) in [5, 5.41) is 77.6. The molecule has 3 fully saturated rings. The molecule has 0 aliphatic heterocycles. The normalized spacial score (nSPS) is 31.8. The molecule has 0 spiro atoms. The third kappa shape index (κ3) is 8.59. The molecular formula is C37H46F2N2O19. The third-order valence-corrected chi connectivity index (χ3v) is 12.0. The molecule has 5 rings (SSSR count). The Hall–Kier alpha value is -4.69. The van der Waals surface area contributed by atoms with Crippen LogP contribution in [-0.4, -0.2) is 138 Å². The maximum absolute atomic E-state index is 17.8. The first-order valence-electron chi connectivity index (χ1n) is 18.7. The smallest absolute Gasteiger partial charge is 0.504 e. The lowest BCUT2D eigenvalue weighted by Crippen LogP contribution is -2.71. The standard InChI is InChI=1S/C37H46F2N2O19/c1-34-8-7-20(42)14-23(34)24(38)15-22-21-16-27(44)37(35(21,2)17-28(45)36(22,34)39,60-30(47)6-5-11-58-41(53)54)29(46)18-56-33(50)59-26-13-19(12-25(43)31(26)48)32(49)55-9-3-4-10-57-40(51)52/h7-8,12-14,21-22,24,27-28,43-45,48,51-54H,3-6,9-11,15-18H2,1-2H3/t21?,22?,24-,27+,28-,34-,35-,36-,37-/m0/s1. The highest BCUT2D eigenvalue weighted by atomic mass is 19.1. The maximum atomic E-state index is 17.8. The largest absolute Gasteiger partial charge is 0.514 e. The van der Waals surface area contributed by atoms with Gasteiger partial charge in [-0.3, -0.25) is 44.9 Å². The van der Waals surface area contributed by atoms with Crippen molar-refractivity contribution in [2.45, 2.75) is 88.4 Å². The van der Waals surface area contributed by atoms with Gasteiger partial charge in [-0.1, -0.05) is 13.0 Å². The van der Waals surface area contributed by atoms with Crippen LogP contribution in [0.1, 0.15) is 69.2 Å². The van der Waals surface area contributed by atoms with Crippen LogP contribution in [-0.2, 0) is 38.3 Å². The molecule has 0 heterocycles. The van der Waals surface area contributed by atoms with Gasteiger partial charge in [0.15, 0.2) is 29.6 Å². The number of allylic oxidation sites excluding steroid dienone is 4. The molecule has 0 amide bonds. The number of nitrogens with zero attached hydrogens (tertiary/aromatic N) is 2. The van der Waals surface area contributed by atoms with Crippen LogP contribution in [0.2, 0.25) is 0 Å². The number of carbonyl (C=O) groups excluding carboxylic acids is 5.